The molecule has 3 rings (SSSR count). The van der Waals surface area contributed by atoms with Crippen LogP contribution in [0.5, 0.6) is 11.5 Å². The van der Waals surface area contributed by atoms with Gasteiger partial charge < -0.3 is 19.7 Å². The Hall–Kier alpha value is -3.02. The second-order valence-corrected chi connectivity index (χ2v) is 7.22. The van der Waals surface area contributed by atoms with Crippen LogP contribution in [0, 0.1) is 0 Å². The summed E-state index contributed by atoms with van der Waals surface area (Å²) in [6.07, 6.45) is 0. The van der Waals surface area contributed by atoms with Gasteiger partial charge in [-0.3, -0.25) is 9.59 Å². The number of fused-ring (bicyclic) bond motifs is 1. The van der Waals surface area contributed by atoms with Crippen molar-refractivity contribution in [1.82, 2.24) is 4.90 Å². The Morgan fingerprint density at radius 2 is 1.71 bits per heavy atom. The van der Waals surface area contributed by atoms with E-state index in [0.717, 1.165) is 5.56 Å². The number of ether oxygens (including phenoxy) is 2. The number of anilines is 1. The van der Waals surface area contributed by atoms with E-state index < -0.39 is 5.41 Å². The predicted octanol–water partition coefficient (Wildman–Crippen LogP) is 3.22. The van der Waals surface area contributed by atoms with Crippen LogP contribution in [0.2, 0.25) is 0 Å². The van der Waals surface area contributed by atoms with E-state index in [1.165, 1.54) is 0 Å². The van der Waals surface area contributed by atoms with Crippen LogP contribution < -0.4 is 14.8 Å². The molecule has 0 spiro atoms. The molecule has 0 unspecified atom stereocenters. The maximum atomic E-state index is 13.1. The summed E-state index contributed by atoms with van der Waals surface area (Å²) in [4.78, 5) is 27.2. The lowest BCUT2D eigenvalue weighted by Crippen LogP contribution is -2.46. The number of carbonyl (C=O) groups is 2. The first kappa shape index (κ1) is 19.7. The van der Waals surface area contributed by atoms with Crippen molar-refractivity contribution in [2.45, 2.75) is 26.2 Å². The average molecular weight is 382 g/mol. The van der Waals surface area contributed by atoms with Crippen LogP contribution in [0.4, 0.5) is 5.69 Å². The lowest BCUT2D eigenvalue weighted by molar-refractivity contribution is -0.138. The number of benzene rings is 2. The van der Waals surface area contributed by atoms with Crippen LogP contribution in [0.25, 0.3) is 0 Å². The molecule has 2 aromatic carbocycles. The Balaban J connectivity index is 1.67. The molecule has 0 radical (unpaired) electrons. The predicted molar refractivity (Wildman–Crippen MR) is 108 cm³/mol. The van der Waals surface area contributed by atoms with Crippen LogP contribution in [-0.2, 0) is 15.0 Å². The first-order valence-electron chi connectivity index (χ1n) is 9.46. The number of hydrogen-bond acceptors (Lipinski definition) is 4. The normalized spacial score (nSPS) is 13.0. The van der Waals surface area contributed by atoms with Crippen molar-refractivity contribution in [3.05, 3.63) is 54.1 Å². The number of amides is 2. The van der Waals surface area contributed by atoms with Gasteiger partial charge in [0, 0.05) is 18.3 Å². The molecule has 0 aromatic heterocycles. The quantitative estimate of drug-likeness (QED) is 0.833. The van der Waals surface area contributed by atoms with E-state index in [-0.39, 0.29) is 18.4 Å². The molecule has 0 aliphatic carbocycles. The summed E-state index contributed by atoms with van der Waals surface area (Å²) < 4.78 is 11.0. The van der Waals surface area contributed by atoms with Crippen molar-refractivity contribution in [2.75, 3.05) is 31.6 Å². The summed E-state index contributed by atoms with van der Waals surface area (Å²) in [7, 11) is 0. The monoisotopic (exact) mass is 382 g/mol. The van der Waals surface area contributed by atoms with Gasteiger partial charge in [-0.1, -0.05) is 30.3 Å². The van der Waals surface area contributed by atoms with Gasteiger partial charge in [-0.05, 0) is 38.5 Å². The van der Waals surface area contributed by atoms with E-state index in [1.54, 1.807) is 23.1 Å². The van der Waals surface area contributed by atoms with E-state index in [0.29, 0.717) is 36.9 Å². The minimum atomic E-state index is -0.714. The molecule has 0 fully saturated rings. The molecule has 0 bridgehead atoms. The molecule has 1 aliphatic rings. The topological polar surface area (TPSA) is 67.9 Å². The summed E-state index contributed by atoms with van der Waals surface area (Å²) in [5.41, 5.74) is 0.819. The SMILES string of the molecule is CCN(CC(=O)Nc1ccc2c(c1)OCCO2)C(=O)C(C)(C)c1ccccc1. The third-order valence-corrected chi connectivity index (χ3v) is 4.86. The Morgan fingerprint density at radius 1 is 1.04 bits per heavy atom. The Bertz CT molecular complexity index is 849. The zero-order valence-corrected chi connectivity index (χ0v) is 16.5. The zero-order chi connectivity index (χ0) is 20.1. The number of carbonyl (C=O) groups excluding carboxylic acids is 2. The van der Waals surface area contributed by atoms with Crippen LogP contribution in [0.15, 0.2) is 48.5 Å². The van der Waals surface area contributed by atoms with Crippen LogP contribution in [0.3, 0.4) is 0 Å². The Labute approximate surface area is 165 Å². The highest BCUT2D eigenvalue weighted by Crippen LogP contribution is 2.32. The molecule has 2 amide bonds. The van der Waals surface area contributed by atoms with E-state index in [9.17, 15) is 9.59 Å². The second kappa shape index (κ2) is 8.33. The fourth-order valence-corrected chi connectivity index (χ4v) is 3.20. The van der Waals surface area contributed by atoms with E-state index in [2.05, 4.69) is 5.32 Å². The molecule has 6 nitrogen and oxygen atoms in total. The molecular formula is C22H26N2O4. The number of rotatable bonds is 6. The molecule has 1 aliphatic heterocycles. The van der Waals surface area contributed by atoms with E-state index >= 15 is 0 Å². The molecule has 0 saturated carbocycles. The molecule has 1 heterocycles. The third-order valence-electron chi connectivity index (χ3n) is 4.86. The zero-order valence-electron chi connectivity index (χ0n) is 16.5. The highest BCUT2D eigenvalue weighted by molar-refractivity contribution is 5.96. The van der Waals surface area contributed by atoms with Gasteiger partial charge in [-0.25, -0.2) is 0 Å². The van der Waals surface area contributed by atoms with Crippen molar-refractivity contribution in [1.29, 1.82) is 0 Å². The van der Waals surface area contributed by atoms with Crippen molar-refractivity contribution in [2.24, 2.45) is 0 Å². The van der Waals surface area contributed by atoms with Crippen LogP contribution in [-0.4, -0.2) is 43.0 Å². The number of nitrogens with zero attached hydrogens (tertiary/aromatic N) is 1. The van der Waals surface area contributed by atoms with Gasteiger partial charge >= 0.3 is 0 Å². The van der Waals surface area contributed by atoms with Crippen LogP contribution in [0.1, 0.15) is 26.3 Å². The summed E-state index contributed by atoms with van der Waals surface area (Å²) >= 11 is 0. The molecule has 2 aromatic rings. The first-order valence-corrected chi connectivity index (χ1v) is 9.46. The van der Waals surface area contributed by atoms with Crippen LogP contribution >= 0.6 is 0 Å². The van der Waals surface area contributed by atoms with Gasteiger partial charge in [-0.15, -0.1) is 0 Å². The molecule has 148 valence electrons. The van der Waals surface area contributed by atoms with Gasteiger partial charge in [0.1, 0.15) is 13.2 Å². The highest BCUT2D eigenvalue weighted by atomic mass is 16.6. The Kier molecular flexibility index (Phi) is 5.87. The molecular weight excluding hydrogens is 356 g/mol. The van der Waals surface area contributed by atoms with E-state index in [4.69, 9.17) is 9.47 Å². The van der Waals surface area contributed by atoms with Crippen molar-refractivity contribution in [3.63, 3.8) is 0 Å². The molecule has 28 heavy (non-hydrogen) atoms. The van der Waals surface area contributed by atoms with Crippen molar-refractivity contribution >= 4 is 17.5 Å². The smallest absolute Gasteiger partial charge is 0.243 e. The van der Waals surface area contributed by atoms with E-state index in [1.807, 2.05) is 51.1 Å². The summed E-state index contributed by atoms with van der Waals surface area (Å²) in [6.45, 7) is 7.07. The van der Waals surface area contributed by atoms with Crippen molar-refractivity contribution < 1.29 is 19.1 Å². The summed E-state index contributed by atoms with van der Waals surface area (Å²) in [6, 6.07) is 14.9. The van der Waals surface area contributed by atoms with Gasteiger partial charge in [0.2, 0.25) is 11.8 Å². The fraction of sp³-hybridized carbons (Fsp3) is 0.364. The lowest BCUT2D eigenvalue weighted by Gasteiger charge is -2.31. The van der Waals surface area contributed by atoms with Gasteiger partial charge in [-0.2, -0.15) is 0 Å². The number of hydrogen-bond donors (Lipinski definition) is 1. The minimum absolute atomic E-state index is 0.0139. The maximum absolute atomic E-state index is 13.1. The maximum Gasteiger partial charge on any atom is 0.243 e. The van der Waals surface area contributed by atoms with Gasteiger partial charge in [0.15, 0.2) is 11.5 Å². The number of nitrogens with one attached hydrogen (secondary N) is 1. The first-order chi connectivity index (χ1) is 13.4. The molecule has 1 N–H and O–H groups in total. The number of likely N-dealkylation sites (N-methyl/N-ethyl adjacent to an activating group) is 1. The second-order valence-electron chi connectivity index (χ2n) is 7.22. The van der Waals surface area contributed by atoms with Crippen molar-refractivity contribution in [3.8, 4) is 11.5 Å². The Morgan fingerprint density at radius 3 is 2.39 bits per heavy atom. The third kappa shape index (κ3) is 4.27. The fourth-order valence-electron chi connectivity index (χ4n) is 3.20. The molecule has 0 saturated heterocycles. The molecule has 0 atom stereocenters. The van der Waals surface area contributed by atoms with Gasteiger partial charge in [0.05, 0.1) is 12.0 Å². The molecule has 6 heteroatoms. The lowest BCUT2D eigenvalue weighted by atomic mass is 9.83. The largest absolute Gasteiger partial charge is 0.486 e. The average Bonchev–Trinajstić information content (AvgIpc) is 2.72. The van der Waals surface area contributed by atoms with Gasteiger partial charge in [0.25, 0.3) is 0 Å². The highest BCUT2D eigenvalue weighted by Gasteiger charge is 2.33. The standard InChI is InChI=1S/C22H26N2O4/c1-4-24(21(26)22(2,3)16-8-6-5-7-9-16)15-20(25)23-17-10-11-18-19(14-17)28-13-12-27-18/h5-11,14H,4,12-13,15H2,1-3H3,(H,23,25). The minimum Gasteiger partial charge on any atom is -0.486 e. The summed E-state index contributed by atoms with van der Waals surface area (Å²) in [5.74, 6) is 0.936. The summed E-state index contributed by atoms with van der Waals surface area (Å²) in [5, 5.41) is 2.83.